The Morgan fingerprint density at radius 3 is 3.05 bits per heavy atom. The molecule has 2 heterocycles. The molecule has 100 valence electrons. The van der Waals surface area contributed by atoms with Crippen LogP contribution in [-0.4, -0.2) is 18.1 Å². The number of hydrogen-bond acceptors (Lipinski definition) is 3. The number of pyridine rings is 1. The van der Waals surface area contributed by atoms with Gasteiger partial charge in [0, 0.05) is 23.9 Å². The van der Waals surface area contributed by atoms with Crippen molar-refractivity contribution in [3.63, 3.8) is 0 Å². The molecule has 0 radical (unpaired) electrons. The molecule has 1 aromatic carbocycles. The fourth-order valence-electron chi connectivity index (χ4n) is 2.67. The zero-order chi connectivity index (χ0) is 13.4. The topological polar surface area (TPSA) is 34.2 Å². The summed E-state index contributed by atoms with van der Waals surface area (Å²) in [6.07, 6.45) is 0.747. The second-order valence-electron chi connectivity index (χ2n) is 4.83. The van der Waals surface area contributed by atoms with Gasteiger partial charge < -0.3 is 10.1 Å². The maximum Gasteiger partial charge on any atom is 0.149 e. The minimum atomic E-state index is -0.256. The van der Waals surface area contributed by atoms with Gasteiger partial charge in [-0.1, -0.05) is 6.07 Å². The number of nitrogens with one attached hydrogen (secondary N) is 1. The van der Waals surface area contributed by atoms with Crippen LogP contribution in [-0.2, 0) is 17.8 Å². The normalized spacial score (nSPS) is 14.5. The number of anilines is 1. The quantitative estimate of drug-likeness (QED) is 0.900. The maximum atomic E-state index is 14.0. The molecule has 2 aromatic rings. The molecule has 19 heavy (non-hydrogen) atoms. The van der Waals surface area contributed by atoms with E-state index < -0.39 is 0 Å². The monoisotopic (exact) mass is 260 g/mol. The van der Waals surface area contributed by atoms with Gasteiger partial charge in [0.2, 0.25) is 0 Å². The first kappa shape index (κ1) is 12.4. The van der Waals surface area contributed by atoms with Crippen molar-refractivity contribution in [1.82, 2.24) is 4.98 Å². The number of aryl methyl sites for hydroxylation is 1. The molecule has 0 spiro atoms. The summed E-state index contributed by atoms with van der Waals surface area (Å²) in [5.41, 5.74) is 4.53. The van der Waals surface area contributed by atoms with Gasteiger partial charge in [0.05, 0.1) is 24.6 Å². The Kier molecular flexibility index (Phi) is 3.11. The van der Waals surface area contributed by atoms with Crippen molar-refractivity contribution in [2.45, 2.75) is 26.9 Å². The third kappa shape index (κ3) is 1.96. The molecule has 1 aliphatic rings. The van der Waals surface area contributed by atoms with Crippen LogP contribution in [0.25, 0.3) is 10.9 Å². The van der Waals surface area contributed by atoms with E-state index in [1.165, 1.54) is 6.07 Å². The lowest BCUT2D eigenvalue weighted by Gasteiger charge is -2.22. The summed E-state index contributed by atoms with van der Waals surface area (Å²) in [6, 6.07) is 3.29. The zero-order valence-electron chi connectivity index (χ0n) is 11.2. The standard InChI is InChI=1S/C15H17FN2O/c1-3-17-14-10-8-19-7-6-12(10)18-15-11(16)5-4-9(2)13(14)15/h4-5H,3,6-8H2,1-2H3,(H,17,18). The number of benzene rings is 1. The van der Waals surface area contributed by atoms with Crippen molar-refractivity contribution in [1.29, 1.82) is 0 Å². The van der Waals surface area contributed by atoms with Crippen LogP contribution in [0.4, 0.5) is 10.1 Å². The van der Waals surface area contributed by atoms with Gasteiger partial charge in [-0.3, -0.25) is 0 Å². The molecule has 4 heteroatoms. The van der Waals surface area contributed by atoms with Crippen LogP contribution in [0.3, 0.4) is 0 Å². The highest BCUT2D eigenvalue weighted by Crippen LogP contribution is 2.34. The molecule has 0 unspecified atom stereocenters. The highest BCUT2D eigenvalue weighted by Gasteiger charge is 2.20. The minimum Gasteiger partial charge on any atom is -0.384 e. The summed E-state index contributed by atoms with van der Waals surface area (Å²) >= 11 is 0. The zero-order valence-corrected chi connectivity index (χ0v) is 11.2. The van der Waals surface area contributed by atoms with Gasteiger partial charge in [0.25, 0.3) is 0 Å². The summed E-state index contributed by atoms with van der Waals surface area (Å²) in [5, 5.41) is 4.24. The van der Waals surface area contributed by atoms with Crippen molar-refractivity contribution >= 4 is 16.6 Å². The first-order chi connectivity index (χ1) is 9.22. The van der Waals surface area contributed by atoms with Gasteiger partial charge in [0.15, 0.2) is 0 Å². The number of halogens is 1. The first-order valence-electron chi connectivity index (χ1n) is 6.64. The van der Waals surface area contributed by atoms with Crippen LogP contribution in [0.5, 0.6) is 0 Å². The molecule has 3 nitrogen and oxygen atoms in total. The second kappa shape index (κ2) is 4.78. The van der Waals surface area contributed by atoms with Gasteiger partial charge in [-0.25, -0.2) is 9.37 Å². The van der Waals surface area contributed by atoms with Crippen molar-refractivity contribution < 1.29 is 9.13 Å². The number of hydrogen-bond donors (Lipinski definition) is 1. The molecular formula is C15H17FN2O. The summed E-state index contributed by atoms with van der Waals surface area (Å²) in [5.74, 6) is -0.256. The van der Waals surface area contributed by atoms with E-state index in [0.29, 0.717) is 18.7 Å². The number of ether oxygens (including phenoxy) is 1. The third-order valence-electron chi connectivity index (χ3n) is 3.57. The fraction of sp³-hybridized carbons (Fsp3) is 0.400. The lowest BCUT2D eigenvalue weighted by molar-refractivity contribution is 0.110. The molecule has 1 aromatic heterocycles. The van der Waals surface area contributed by atoms with Crippen molar-refractivity contribution in [3.05, 3.63) is 34.8 Å². The van der Waals surface area contributed by atoms with Crippen LogP contribution in [0.15, 0.2) is 12.1 Å². The fourth-order valence-corrected chi connectivity index (χ4v) is 2.67. The molecule has 0 amide bonds. The van der Waals surface area contributed by atoms with Crippen molar-refractivity contribution in [2.24, 2.45) is 0 Å². The van der Waals surface area contributed by atoms with E-state index >= 15 is 0 Å². The van der Waals surface area contributed by atoms with E-state index in [1.807, 2.05) is 13.8 Å². The van der Waals surface area contributed by atoms with Crippen LogP contribution in [0.1, 0.15) is 23.7 Å². The SMILES string of the molecule is CCNc1c2c(nc3c(F)ccc(C)c13)CCOC2. The molecule has 3 rings (SSSR count). The van der Waals surface area contributed by atoms with Gasteiger partial charge in [0.1, 0.15) is 11.3 Å². The number of rotatable bonds is 2. The van der Waals surface area contributed by atoms with E-state index in [-0.39, 0.29) is 5.82 Å². The van der Waals surface area contributed by atoms with E-state index in [1.54, 1.807) is 6.07 Å². The molecule has 1 N–H and O–H groups in total. The van der Waals surface area contributed by atoms with Crippen LogP contribution < -0.4 is 5.32 Å². The van der Waals surface area contributed by atoms with E-state index in [2.05, 4.69) is 10.3 Å². The van der Waals surface area contributed by atoms with E-state index in [0.717, 1.165) is 40.9 Å². The third-order valence-corrected chi connectivity index (χ3v) is 3.57. The highest BCUT2D eigenvalue weighted by atomic mass is 19.1. The molecule has 0 aliphatic carbocycles. The largest absolute Gasteiger partial charge is 0.384 e. The molecule has 0 fully saturated rings. The first-order valence-corrected chi connectivity index (χ1v) is 6.64. The smallest absolute Gasteiger partial charge is 0.149 e. The van der Waals surface area contributed by atoms with Gasteiger partial charge >= 0.3 is 0 Å². The molecular weight excluding hydrogens is 243 g/mol. The molecule has 0 atom stereocenters. The lowest BCUT2D eigenvalue weighted by atomic mass is 9.99. The lowest BCUT2D eigenvalue weighted by Crippen LogP contribution is -2.16. The second-order valence-corrected chi connectivity index (χ2v) is 4.83. The average molecular weight is 260 g/mol. The predicted molar refractivity (Wildman–Crippen MR) is 74.0 cm³/mol. The maximum absolute atomic E-state index is 14.0. The summed E-state index contributed by atoms with van der Waals surface area (Å²) in [6.45, 7) is 6.03. The van der Waals surface area contributed by atoms with E-state index in [9.17, 15) is 4.39 Å². The molecule has 0 saturated heterocycles. The Labute approximate surface area is 111 Å². The predicted octanol–water partition coefficient (Wildman–Crippen LogP) is 3.19. The van der Waals surface area contributed by atoms with Gasteiger partial charge in [-0.15, -0.1) is 0 Å². The summed E-state index contributed by atoms with van der Waals surface area (Å²) < 4.78 is 19.6. The Bertz CT molecular complexity index is 640. The number of nitrogens with zero attached hydrogens (tertiary/aromatic N) is 1. The Morgan fingerprint density at radius 2 is 2.26 bits per heavy atom. The molecule has 0 bridgehead atoms. The van der Waals surface area contributed by atoms with Crippen LogP contribution >= 0.6 is 0 Å². The van der Waals surface area contributed by atoms with Gasteiger partial charge in [-0.2, -0.15) is 0 Å². The summed E-state index contributed by atoms with van der Waals surface area (Å²) in [4.78, 5) is 4.52. The van der Waals surface area contributed by atoms with Crippen molar-refractivity contribution in [2.75, 3.05) is 18.5 Å². The summed E-state index contributed by atoms with van der Waals surface area (Å²) in [7, 11) is 0. The Morgan fingerprint density at radius 1 is 1.42 bits per heavy atom. The molecule has 1 aliphatic heterocycles. The van der Waals surface area contributed by atoms with Gasteiger partial charge in [-0.05, 0) is 25.5 Å². The highest BCUT2D eigenvalue weighted by molar-refractivity contribution is 5.96. The molecule has 0 saturated carbocycles. The van der Waals surface area contributed by atoms with Crippen LogP contribution in [0, 0.1) is 12.7 Å². The van der Waals surface area contributed by atoms with Crippen LogP contribution in [0.2, 0.25) is 0 Å². The Balaban J connectivity index is 2.39. The number of fused-ring (bicyclic) bond motifs is 2. The average Bonchev–Trinajstić information content (AvgIpc) is 2.43. The van der Waals surface area contributed by atoms with E-state index in [4.69, 9.17) is 4.74 Å². The van der Waals surface area contributed by atoms with Crippen molar-refractivity contribution in [3.8, 4) is 0 Å². The Hall–Kier alpha value is -1.68. The minimum absolute atomic E-state index is 0.256. The number of aromatic nitrogens is 1.